The van der Waals surface area contributed by atoms with E-state index in [1.165, 1.54) is 12.8 Å². The molecule has 6 aliphatic carbocycles. The topological polar surface area (TPSA) is 337 Å². The van der Waals surface area contributed by atoms with Gasteiger partial charge >= 0.3 is 6.18 Å². The first kappa shape index (κ1) is 89.9. The lowest BCUT2D eigenvalue weighted by Crippen LogP contribution is -2.43. The van der Waals surface area contributed by atoms with E-state index < -0.39 is 40.2 Å². The fourth-order valence-electron chi connectivity index (χ4n) is 15.6. The number of hydrogen-bond donors (Lipinski definition) is 8. The molecule has 5 aromatic heterocycles. The number of fused-ring (bicyclic) bond motifs is 5. The number of aliphatic hydroxyl groups is 3. The number of carbonyl (C=O) groups excluding carboxylic acids is 5. The Hall–Kier alpha value is -12.9. The molecule has 8 N–H and O–H groups in total. The van der Waals surface area contributed by atoms with E-state index in [4.69, 9.17) is 31.6 Å². The van der Waals surface area contributed by atoms with Crippen molar-refractivity contribution in [2.45, 2.75) is 239 Å². The molecule has 0 aliphatic heterocycles. The van der Waals surface area contributed by atoms with Gasteiger partial charge in [0.25, 0.3) is 0 Å². The summed E-state index contributed by atoms with van der Waals surface area (Å²) >= 11 is 0. The van der Waals surface area contributed by atoms with Gasteiger partial charge in [0.2, 0.25) is 59.3 Å². The van der Waals surface area contributed by atoms with Crippen LogP contribution < -0.4 is 26.6 Å². The Morgan fingerprint density at radius 1 is 0.472 bits per heavy atom. The third kappa shape index (κ3) is 19.6. The Bertz CT molecular complexity index is 6140. The Balaban J connectivity index is 0.000000134. The van der Waals surface area contributed by atoms with Gasteiger partial charge in [0, 0.05) is 42.0 Å². The van der Waals surface area contributed by atoms with Crippen molar-refractivity contribution in [3.63, 3.8) is 0 Å². The standard InChI is InChI=1S/C22H22N4O2.C19H22N4O2.C18H22N4O2.C18H22N4O.C17H17F3N4O/c1-22(28,15-7-4-3-5-8-15)14-20(27)25-21-24-18-12-11-16(23-2)13-19(18)26(21)17-9-6-10-17;1-19(2,25)14-10-13(14)17(24)22-18-21-15-8-7-11(20-3)9-16(15)23(18)12-5-4-6-12;1-11(18(2,3)24)16(23)21-17-20-14-8-7-12(10-19)9-15(14)22(17)13-5-4-6-13;1-11(2)12(3)17(23)21-18-20-15-9-8-13(19-4)10-16(15)22(18)14-6-5-7-14;1-16(2,17(18,19)20)14(25)23-15-22-12-8-7-10(21-3)9-13(12)24(15)11-5-4-6-11/h3-5,7-8,11-13,17,28H,6,9-10,14H2,1H3,(H,24,25,27);7-9,12-14,25H,4-6,10H2,1-2H3,(H,21,22,24);7-9,11,13,24H,4-6H2,1-3H3,(H,20,21,23);8-12,14H,5-7H2,1-3H3,(H,20,21,23);7-9,11H,4-6H2,1-2H3,(H,22,23,25)/t;13-,14-;11-;12-;/m.011./s1. The van der Waals surface area contributed by atoms with Crippen molar-refractivity contribution in [2.24, 2.45) is 35.0 Å². The van der Waals surface area contributed by atoms with E-state index >= 15 is 0 Å². The molecule has 5 heterocycles. The van der Waals surface area contributed by atoms with Crippen LogP contribution in [0.15, 0.2) is 121 Å². The SMILES string of the molecule is C[C@H](C(=O)Nc1nc2ccc(C#N)cc2n1C1CCC1)C(C)(C)O.[C-]#[N+]c1ccc2nc(NC(=O)C(C)(C)C(F)(F)F)n(C3CCC3)c2c1.[C-]#[N+]c1ccc2nc(NC(=O)CC(C)(O)c3ccccc3)n(C3CCC3)c2c1.[C-]#[N+]c1ccc2nc(NC(=O)[C@H](C)C(C)C)n(C3CCC3)c2c1.[C-]#[N+]c1ccc2nc(NC(=O)[C@H]3C[C@@H]3C(C)(C)O)n(C3CCC3)c2c1. The zero-order chi connectivity index (χ0) is 89.9. The van der Waals surface area contributed by atoms with Crippen LogP contribution >= 0.6 is 0 Å². The number of benzene rings is 6. The summed E-state index contributed by atoms with van der Waals surface area (Å²) in [7, 11) is 0. The number of rotatable bonds is 20. The molecule has 6 saturated carbocycles. The molecule has 0 saturated heterocycles. The van der Waals surface area contributed by atoms with Crippen molar-refractivity contribution in [3.05, 3.63) is 178 Å². The average Bonchev–Trinajstić information content (AvgIpc) is 1.58. The third-order valence-corrected chi connectivity index (χ3v) is 25.5. The Kier molecular flexibility index (Phi) is 26.3. The first-order valence-corrected chi connectivity index (χ1v) is 42.7. The van der Waals surface area contributed by atoms with Crippen molar-refractivity contribution >= 4 is 137 Å². The summed E-state index contributed by atoms with van der Waals surface area (Å²) in [6, 6.07) is 39.2. The normalized spacial score (nSPS) is 17.5. The monoisotopic (exact) mass is 1700 g/mol. The number of imidazole rings is 5. The molecule has 0 radical (unpaired) electrons. The Morgan fingerprint density at radius 2 is 0.808 bits per heavy atom. The number of halogens is 3. The molecule has 17 rings (SSSR count). The molecule has 6 aliphatic rings. The van der Waals surface area contributed by atoms with Crippen LogP contribution in [-0.2, 0) is 29.6 Å². The van der Waals surface area contributed by atoms with Crippen LogP contribution in [-0.4, -0.2) is 110 Å². The summed E-state index contributed by atoms with van der Waals surface area (Å²) in [5.41, 5.74) is 5.59. The molecule has 6 fully saturated rings. The maximum absolute atomic E-state index is 13.1. The largest absolute Gasteiger partial charge is 0.402 e. The van der Waals surface area contributed by atoms with Crippen molar-refractivity contribution in [1.82, 2.24) is 47.8 Å². The van der Waals surface area contributed by atoms with Gasteiger partial charge in [0.05, 0.1) is 122 Å². The lowest BCUT2D eigenvalue weighted by atomic mass is 9.91. The van der Waals surface area contributed by atoms with Gasteiger partial charge < -0.3 is 38.2 Å². The maximum atomic E-state index is 13.1. The van der Waals surface area contributed by atoms with Gasteiger partial charge in [-0.2, -0.15) is 18.4 Å². The van der Waals surface area contributed by atoms with Gasteiger partial charge in [-0.1, -0.05) is 82.3 Å². The summed E-state index contributed by atoms with van der Waals surface area (Å²) in [4.78, 5) is 98.9. The predicted molar refractivity (Wildman–Crippen MR) is 474 cm³/mol. The number of nitriles is 1. The Labute approximate surface area is 723 Å². The van der Waals surface area contributed by atoms with E-state index in [0.717, 1.165) is 141 Å². The van der Waals surface area contributed by atoms with E-state index in [1.54, 1.807) is 94.6 Å². The number of nitrogens with one attached hydrogen (secondary N) is 5. The second kappa shape index (κ2) is 36.5. The molecule has 0 spiro atoms. The van der Waals surface area contributed by atoms with Crippen LogP contribution in [0, 0.1) is 72.6 Å². The van der Waals surface area contributed by atoms with Crippen molar-refractivity contribution in [3.8, 4) is 6.07 Å². The van der Waals surface area contributed by atoms with Crippen molar-refractivity contribution < 1.29 is 52.5 Å². The minimum absolute atomic E-state index is 0.00119. The Morgan fingerprint density at radius 3 is 1.12 bits per heavy atom. The van der Waals surface area contributed by atoms with Gasteiger partial charge in [-0.25, -0.2) is 44.3 Å². The summed E-state index contributed by atoms with van der Waals surface area (Å²) in [5, 5.41) is 54.1. The number of alkyl halides is 3. The second-order valence-corrected chi connectivity index (χ2v) is 35.8. The van der Waals surface area contributed by atoms with Crippen LogP contribution in [0.2, 0.25) is 0 Å². The lowest BCUT2D eigenvalue weighted by Gasteiger charge is -2.30. The number of anilines is 5. The van der Waals surface area contributed by atoms with Gasteiger partial charge in [0.15, 0.2) is 22.7 Å². The quantitative estimate of drug-likeness (QED) is 0.0329. The summed E-state index contributed by atoms with van der Waals surface area (Å²) in [5.74, 6) is -0.0417. The van der Waals surface area contributed by atoms with Gasteiger partial charge in [-0.15, -0.1) is 0 Å². The van der Waals surface area contributed by atoms with E-state index in [-0.39, 0.29) is 77.8 Å². The van der Waals surface area contributed by atoms with Crippen LogP contribution in [0.25, 0.3) is 74.5 Å². The van der Waals surface area contributed by atoms with Crippen molar-refractivity contribution in [1.29, 1.82) is 5.26 Å². The maximum Gasteiger partial charge on any atom is 0.402 e. The average molecular weight is 1700 g/mol. The minimum atomic E-state index is -4.67. The summed E-state index contributed by atoms with van der Waals surface area (Å²) in [6.07, 6.45) is 11.8. The first-order valence-electron chi connectivity index (χ1n) is 42.7. The summed E-state index contributed by atoms with van der Waals surface area (Å²) < 4.78 is 49.3. The molecular formula is C94H105F3N20O8. The molecule has 1 unspecified atom stereocenters. The molecule has 28 nitrogen and oxygen atoms in total. The van der Waals surface area contributed by atoms with E-state index in [0.29, 0.717) is 87.2 Å². The van der Waals surface area contributed by atoms with Crippen LogP contribution in [0.3, 0.4) is 0 Å². The highest BCUT2D eigenvalue weighted by Crippen LogP contribution is 2.49. The molecule has 31 heteroatoms. The van der Waals surface area contributed by atoms with Crippen LogP contribution in [0.4, 0.5) is 65.7 Å². The second-order valence-electron chi connectivity index (χ2n) is 35.8. The van der Waals surface area contributed by atoms with Crippen LogP contribution in [0.5, 0.6) is 0 Å². The third-order valence-electron chi connectivity index (χ3n) is 25.5. The number of carbonyl (C=O) groups is 5. The minimum Gasteiger partial charge on any atom is -0.390 e. The van der Waals surface area contributed by atoms with Crippen molar-refractivity contribution in [2.75, 3.05) is 26.6 Å². The zero-order valence-corrected chi connectivity index (χ0v) is 72.1. The summed E-state index contributed by atoms with van der Waals surface area (Å²) in [6.45, 7) is 46.6. The predicted octanol–water partition coefficient (Wildman–Crippen LogP) is 20.6. The fraction of sp³-hybridized carbons (Fsp3) is 0.457. The number of aromatic nitrogens is 10. The highest BCUT2D eigenvalue weighted by molar-refractivity contribution is 5.99. The van der Waals surface area contributed by atoms with Gasteiger partial charge in [-0.3, -0.25) is 50.6 Å². The molecule has 0 bridgehead atoms. The molecule has 125 heavy (non-hydrogen) atoms. The van der Waals surface area contributed by atoms with Gasteiger partial charge in [0.1, 0.15) is 5.41 Å². The van der Waals surface area contributed by atoms with E-state index in [1.807, 2.05) is 103 Å². The smallest absolute Gasteiger partial charge is 0.390 e. The molecule has 650 valence electrons. The number of amides is 5. The highest BCUT2D eigenvalue weighted by Gasteiger charge is 2.54. The highest BCUT2D eigenvalue weighted by atomic mass is 19.4. The zero-order valence-electron chi connectivity index (χ0n) is 72.1. The molecule has 11 aromatic rings. The lowest BCUT2D eigenvalue weighted by molar-refractivity contribution is -0.208. The molecular weight excluding hydrogens is 1590 g/mol. The van der Waals surface area contributed by atoms with E-state index in [9.17, 15) is 52.5 Å². The number of nitrogens with zero attached hydrogens (tertiary/aromatic N) is 15. The van der Waals surface area contributed by atoms with E-state index in [2.05, 4.69) is 86.1 Å². The first-order chi connectivity index (χ1) is 59.3. The fourth-order valence-corrected chi connectivity index (χ4v) is 15.6. The van der Waals surface area contributed by atoms with Crippen LogP contribution in [0.1, 0.15) is 227 Å². The molecule has 5 atom stereocenters. The van der Waals surface area contributed by atoms with Gasteiger partial charge in [-0.05, 0) is 235 Å². The molecule has 5 amide bonds. The number of hydrogen-bond acceptors (Lipinski definition) is 14. The molecule has 6 aromatic carbocycles.